The molecule has 3 N–H and O–H groups in total. The maximum absolute atomic E-state index is 12.3. The first kappa shape index (κ1) is 17.9. The van der Waals surface area contributed by atoms with E-state index < -0.39 is 6.04 Å². The summed E-state index contributed by atoms with van der Waals surface area (Å²) in [4.78, 5) is 24.4. The Morgan fingerprint density at radius 1 is 1.04 bits per heavy atom. The van der Waals surface area contributed by atoms with E-state index in [4.69, 9.17) is 0 Å². The lowest BCUT2D eigenvalue weighted by Gasteiger charge is -2.29. The number of fused-ring (bicyclic) bond motifs is 1. The summed E-state index contributed by atoms with van der Waals surface area (Å²) in [6, 6.07) is 8.00. The summed E-state index contributed by atoms with van der Waals surface area (Å²) in [6.45, 7) is 1.82. The third-order valence-corrected chi connectivity index (χ3v) is 5.39. The minimum Gasteiger partial charge on any atom is -0.335 e. The van der Waals surface area contributed by atoms with Crippen LogP contribution in [0.4, 0.5) is 4.79 Å². The highest BCUT2D eigenvalue weighted by Gasteiger charge is 2.25. The van der Waals surface area contributed by atoms with Gasteiger partial charge in [-0.3, -0.25) is 15.4 Å². The van der Waals surface area contributed by atoms with Gasteiger partial charge < -0.3 is 5.32 Å². The quantitative estimate of drug-likeness (QED) is 0.786. The molecule has 136 valence electrons. The van der Waals surface area contributed by atoms with E-state index in [1.165, 1.54) is 17.5 Å². The first-order valence-corrected chi connectivity index (χ1v) is 9.58. The molecule has 0 aromatic heterocycles. The summed E-state index contributed by atoms with van der Waals surface area (Å²) in [7, 11) is 0. The van der Waals surface area contributed by atoms with Crippen LogP contribution in [0.25, 0.3) is 0 Å². The van der Waals surface area contributed by atoms with Gasteiger partial charge in [0.05, 0.1) is 6.04 Å². The maximum Gasteiger partial charge on any atom is 0.321 e. The summed E-state index contributed by atoms with van der Waals surface area (Å²) < 4.78 is 0. The van der Waals surface area contributed by atoms with E-state index in [2.05, 4.69) is 34.1 Å². The van der Waals surface area contributed by atoms with Gasteiger partial charge in [-0.05, 0) is 50.2 Å². The Balaban J connectivity index is 1.50. The molecule has 2 aliphatic carbocycles. The number of hydrogen-bond acceptors (Lipinski definition) is 3. The van der Waals surface area contributed by atoms with Crippen LogP contribution in [0.3, 0.4) is 0 Å². The molecule has 3 amide bonds. The third-order valence-electron chi connectivity index (χ3n) is 5.39. The van der Waals surface area contributed by atoms with Crippen LogP contribution in [0.15, 0.2) is 24.3 Å². The van der Waals surface area contributed by atoms with Gasteiger partial charge >= 0.3 is 6.03 Å². The van der Waals surface area contributed by atoms with Crippen LogP contribution in [0.1, 0.15) is 69.0 Å². The smallest absolute Gasteiger partial charge is 0.321 e. The molecular weight excluding hydrogens is 314 g/mol. The zero-order valence-corrected chi connectivity index (χ0v) is 15.0. The van der Waals surface area contributed by atoms with Crippen molar-refractivity contribution in [2.75, 3.05) is 0 Å². The van der Waals surface area contributed by atoms with Crippen molar-refractivity contribution < 1.29 is 9.59 Å². The lowest BCUT2D eigenvalue weighted by molar-refractivity contribution is -0.121. The number of carbonyl (C=O) groups is 2. The van der Waals surface area contributed by atoms with Crippen LogP contribution in [0.2, 0.25) is 0 Å². The molecule has 0 unspecified atom stereocenters. The molecule has 1 aromatic rings. The van der Waals surface area contributed by atoms with Crippen LogP contribution in [0.5, 0.6) is 0 Å². The zero-order valence-electron chi connectivity index (χ0n) is 15.0. The predicted molar refractivity (Wildman–Crippen MR) is 98.3 cm³/mol. The first-order chi connectivity index (χ1) is 12.1. The molecule has 5 nitrogen and oxygen atoms in total. The topological polar surface area (TPSA) is 70.2 Å². The molecule has 1 saturated carbocycles. The minimum atomic E-state index is -0.409. The lowest BCUT2D eigenvalue weighted by atomic mass is 9.87. The van der Waals surface area contributed by atoms with E-state index in [1.54, 1.807) is 0 Å². The molecule has 0 bridgehead atoms. The Labute approximate surface area is 150 Å². The Bertz CT molecular complexity index is 611. The highest BCUT2D eigenvalue weighted by Crippen LogP contribution is 2.29. The van der Waals surface area contributed by atoms with Crippen molar-refractivity contribution in [2.24, 2.45) is 0 Å². The largest absolute Gasteiger partial charge is 0.335 e. The predicted octanol–water partition coefficient (Wildman–Crippen LogP) is 3.20. The summed E-state index contributed by atoms with van der Waals surface area (Å²) >= 11 is 0. The van der Waals surface area contributed by atoms with Gasteiger partial charge in [-0.1, -0.05) is 43.5 Å². The molecule has 3 rings (SSSR count). The number of imide groups is 1. The van der Waals surface area contributed by atoms with E-state index in [0.717, 1.165) is 44.9 Å². The zero-order chi connectivity index (χ0) is 17.6. The maximum atomic E-state index is 12.3. The van der Waals surface area contributed by atoms with Crippen molar-refractivity contribution in [1.82, 2.24) is 16.0 Å². The molecule has 2 aliphatic rings. The van der Waals surface area contributed by atoms with Crippen molar-refractivity contribution in [3.05, 3.63) is 35.4 Å². The average Bonchev–Trinajstić information content (AvgIpc) is 2.62. The molecule has 0 heterocycles. The van der Waals surface area contributed by atoms with Crippen LogP contribution in [-0.2, 0) is 11.2 Å². The van der Waals surface area contributed by atoms with Gasteiger partial charge in [0, 0.05) is 12.1 Å². The second-order valence-corrected chi connectivity index (χ2v) is 7.33. The highest BCUT2D eigenvalue weighted by molar-refractivity contribution is 5.96. The number of urea groups is 1. The molecule has 5 heteroatoms. The number of nitrogens with one attached hydrogen (secondary N) is 3. The monoisotopic (exact) mass is 343 g/mol. The van der Waals surface area contributed by atoms with Gasteiger partial charge in [-0.25, -0.2) is 4.79 Å². The fourth-order valence-electron chi connectivity index (χ4n) is 3.99. The number of carbonyl (C=O) groups excluding carboxylic acids is 2. The molecule has 0 radical (unpaired) electrons. The Morgan fingerprint density at radius 2 is 1.80 bits per heavy atom. The first-order valence-electron chi connectivity index (χ1n) is 9.58. The highest BCUT2D eigenvalue weighted by atomic mass is 16.2. The second-order valence-electron chi connectivity index (χ2n) is 7.33. The number of hydrogen-bond donors (Lipinski definition) is 3. The van der Waals surface area contributed by atoms with Gasteiger partial charge in [0.15, 0.2) is 0 Å². The normalized spacial score (nSPS) is 21.9. The van der Waals surface area contributed by atoms with Crippen molar-refractivity contribution in [1.29, 1.82) is 0 Å². The molecule has 0 aliphatic heterocycles. The Kier molecular flexibility index (Phi) is 6.08. The standard InChI is InChI=1S/C20H29N3O2/c1-14(19(24)23-20(25)22-16-10-3-2-4-11-16)21-18-13-7-9-15-8-5-6-12-17(15)18/h5-6,8,12,14,16,18,21H,2-4,7,9-11,13H2,1H3,(H2,22,23,24,25)/t14-,18-/m0/s1. The van der Waals surface area contributed by atoms with E-state index in [9.17, 15) is 9.59 Å². The van der Waals surface area contributed by atoms with Crippen molar-refractivity contribution in [3.8, 4) is 0 Å². The van der Waals surface area contributed by atoms with Crippen molar-refractivity contribution in [3.63, 3.8) is 0 Å². The third kappa shape index (κ3) is 4.82. The van der Waals surface area contributed by atoms with Crippen molar-refractivity contribution in [2.45, 2.75) is 76.4 Å². The van der Waals surface area contributed by atoms with Gasteiger partial charge in [0.2, 0.25) is 5.91 Å². The van der Waals surface area contributed by atoms with Gasteiger partial charge in [-0.2, -0.15) is 0 Å². The summed E-state index contributed by atoms with van der Waals surface area (Å²) in [6.07, 6.45) is 8.79. The molecule has 25 heavy (non-hydrogen) atoms. The minimum absolute atomic E-state index is 0.173. The van der Waals surface area contributed by atoms with E-state index in [1.807, 2.05) is 13.0 Å². The van der Waals surface area contributed by atoms with E-state index in [0.29, 0.717) is 0 Å². The number of rotatable bonds is 4. The number of aryl methyl sites for hydroxylation is 1. The molecule has 1 aromatic carbocycles. The van der Waals surface area contributed by atoms with E-state index >= 15 is 0 Å². The summed E-state index contributed by atoms with van der Waals surface area (Å²) in [5.74, 6) is -0.267. The van der Waals surface area contributed by atoms with Gasteiger partial charge in [0.1, 0.15) is 0 Å². The molecule has 0 spiro atoms. The summed E-state index contributed by atoms with van der Waals surface area (Å²) in [5.41, 5.74) is 2.63. The van der Waals surface area contributed by atoms with E-state index in [-0.39, 0.29) is 24.0 Å². The Morgan fingerprint density at radius 3 is 2.60 bits per heavy atom. The lowest BCUT2D eigenvalue weighted by Crippen LogP contribution is -2.51. The van der Waals surface area contributed by atoms with Crippen molar-refractivity contribution >= 4 is 11.9 Å². The molecule has 0 saturated heterocycles. The SMILES string of the molecule is C[C@H](N[C@H]1CCCc2ccccc21)C(=O)NC(=O)NC1CCCCC1. The average molecular weight is 343 g/mol. The molecule has 1 fully saturated rings. The number of benzene rings is 1. The summed E-state index contributed by atoms with van der Waals surface area (Å²) in [5, 5.41) is 8.81. The fraction of sp³-hybridized carbons (Fsp3) is 0.600. The van der Waals surface area contributed by atoms with Gasteiger partial charge in [-0.15, -0.1) is 0 Å². The van der Waals surface area contributed by atoms with Crippen LogP contribution in [0, 0.1) is 0 Å². The number of amides is 3. The van der Waals surface area contributed by atoms with Crippen LogP contribution in [-0.4, -0.2) is 24.0 Å². The Hall–Kier alpha value is -1.88. The van der Waals surface area contributed by atoms with Crippen LogP contribution < -0.4 is 16.0 Å². The molecular formula is C20H29N3O2. The van der Waals surface area contributed by atoms with Crippen LogP contribution >= 0.6 is 0 Å². The fourth-order valence-corrected chi connectivity index (χ4v) is 3.99. The second kappa shape index (κ2) is 8.48. The van der Waals surface area contributed by atoms with Gasteiger partial charge in [0.25, 0.3) is 0 Å². The molecule has 2 atom stereocenters.